The molecular weight excluding hydrogens is 254 g/mol. The van der Waals surface area contributed by atoms with Crippen molar-refractivity contribution in [3.8, 4) is 0 Å². The molecule has 0 amide bonds. The molecule has 0 radical (unpaired) electrons. The third-order valence-electron chi connectivity index (χ3n) is 3.82. The van der Waals surface area contributed by atoms with Gasteiger partial charge in [0.25, 0.3) is 0 Å². The molecule has 0 aromatic heterocycles. The van der Waals surface area contributed by atoms with Crippen LogP contribution in [0.2, 0.25) is 0 Å². The van der Waals surface area contributed by atoms with E-state index < -0.39 is 5.97 Å². The highest BCUT2D eigenvalue weighted by atomic mass is 16.6. The van der Waals surface area contributed by atoms with Crippen molar-refractivity contribution >= 4 is 11.7 Å². The first-order chi connectivity index (χ1) is 9.68. The Morgan fingerprint density at radius 1 is 1.25 bits per heavy atom. The monoisotopic (exact) mass is 275 g/mol. The maximum absolute atomic E-state index is 10.8. The first-order valence-electron chi connectivity index (χ1n) is 7.17. The number of aliphatic carboxylic acids is 1. The summed E-state index contributed by atoms with van der Waals surface area (Å²) in [7, 11) is 0. The first-order valence-corrected chi connectivity index (χ1v) is 7.17. The maximum atomic E-state index is 10.8. The molecule has 0 unspecified atom stereocenters. The molecule has 20 heavy (non-hydrogen) atoms. The summed E-state index contributed by atoms with van der Waals surface area (Å²) in [5.74, 6) is -0.628. The number of rotatable bonds is 5. The van der Waals surface area contributed by atoms with Gasteiger partial charge < -0.3 is 9.94 Å². The summed E-state index contributed by atoms with van der Waals surface area (Å²) in [5, 5.41) is 12.7. The molecule has 0 heterocycles. The van der Waals surface area contributed by atoms with Crippen molar-refractivity contribution in [1.82, 2.24) is 0 Å². The van der Waals surface area contributed by atoms with Crippen LogP contribution in [0.5, 0.6) is 0 Å². The zero-order chi connectivity index (χ0) is 14.4. The second kappa shape index (κ2) is 7.08. The number of oxime groups is 1. The molecule has 4 heteroatoms. The normalized spacial score (nSPS) is 18.6. The number of carboxylic acid groups (broad SMARTS) is 1. The summed E-state index contributed by atoms with van der Waals surface area (Å²) in [6.07, 6.45) is 5.77. The molecule has 1 aromatic carbocycles. The van der Waals surface area contributed by atoms with Crippen molar-refractivity contribution in [2.75, 3.05) is 0 Å². The van der Waals surface area contributed by atoms with Gasteiger partial charge in [0.1, 0.15) is 0 Å². The highest BCUT2D eigenvalue weighted by Crippen LogP contribution is 2.36. The van der Waals surface area contributed by atoms with Crippen LogP contribution >= 0.6 is 0 Å². The molecule has 0 aliphatic heterocycles. The molecule has 1 saturated carbocycles. The average Bonchev–Trinajstić information content (AvgIpc) is 2.49. The van der Waals surface area contributed by atoms with E-state index in [-0.39, 0.29) is 11.8 Å². The summed E-state index contributed by atoms with van der Waals surface area (Å²) in [6.45, 7) is 1.45. The van der Waals surface area contributed by atoms with Gasteiger partial charge in [-0.25, -0.2) is 4.79 Å². The van der Waals surface area contributed by atoms with Crippen LogP contribution < -0.4 is 0 Å². The van der Waals surface area contributed by atoms with Crippen molar-refractivity contribution in [1.29, 1.82) is 0 Å². The molecule has 1 N–H and O–H groups in total. The minimum absolute atomic E-state index is 0.0123. The number of carbonyl (C=O) groups is 1. The quantitative estimate of drug-likeness (QED) is 0.657. The molecule has 0 spiro atoms. The molecule has 108 valence electrons. The van der Waals surface area contributed by atoms with Crippen LogP contribution in [0.4, 0.5) is 0 Å². The van der Waals surface area contributed by atoms with E-state index in [1.54, 1.807) is 0 Å². The molecule has 1 aliphatic rings. The molecule has 0 saturated heterocycles. The Bertz CT molecular complexity index is 464. The Kier molecular flexibility index (Phi) is 5.16. The van der Waals surface area contributed by atoms with E-state index in [2.05, 4.69) is 5.16 Å². The highest BCUT2D eigenvalue weighted by molar-refractivity contribution is 6.34. The minimum atomic E-state index is -1.04. The number of carboxylic acids is 1. The molecule has 1 atom stereocenters. The van der Waals surface area contributed by atoms with E-state index in [0.717, 1.165) is 18.4 Å². The number of hydrogen-bond acceptors (Lipinski definition) is 3. The Hall–Kier alpha value is -1.84. The van der Waals surface area contributed by atoms with Crippen LogP contribution in [0.1, 0.15) is 50.7 Å². The van der Waals surface area contributed by atoms with Crippen molar-refractivity contribution in [3.63, 3.8) is 0 Å². The number of benzene rings is 1. The van der Waals surface area contributed by atoms with Gasteiger partial charge in [-0.2, -0.15) is 0 Å². The smallest absolute Gasteiger partial charge is 0.353 e. The van der Waals surface area contributed by atoms with Gasteiger partial charge in [0.05, 0.1) is 0 Å². The maximum Gasteiger partial charge on any atom is 0.353 e. The van der Waals surface area contributed by atoms with Crippen molar-refractivity contribution in [2.24, 2.45) is 11.1 Å². The Balaban J connectivity index is 2.15. The molecular formula is C16H21NO3. The zero-order valence-corrected chi connectivity index (χ0v) is 11.8. The molecule has 1 aliphatic carbocycles. The number of nitrogens with zero attached hydrogens (tertiary/aromatic N) is 1. The lowest BCUT2D eigenvalue weighted by atomic mass is 9.83. The molecule has 0 bridgehead atoms. The summed E-state index contributed by atoms with van der Waals surface area (Å²) >= 11 is 0. The lowest BCUT2D eigenvalue weighted by Crippen LogP contribution is -2.19. The van der Waals surface area contributed by atoms with Gasteiger partial charge in [0.2, 0.25) is 0 Å². The third-order valence-corrected chi connectivity index (χ3v) is 3.82. The zero-order valence-electron chi connectivity index (χ0n) is 11.8. The standard InChI is InChI=1S/C16H21NO3/c1-12(16(18)19)17-20-15(13-8-4-2-5-9-13)14-10-6-3-7-11-14/h2,4-5,8-9,14-15H,3,6-7,10-11H2,1H3,(H,18,19)/b17-12+/t15-/m1/s1. The summed E-state index contributed by atoms with van der Waals surface area (Å²) in [5.41, 5.74) is 1.06. The SMILES string of the molecule is C/C(=N\O[C@H](c1ccccc1)C1CCCCC1)C(=O)O. The summed E-state index contributed by atoms with van der Waals surface area (Å²) in [4.78, 5) is 16.4. The van der Waals surface area contributed by atoms with Crippen molar-refractivity contribution < 1.29 is 14.7 Å². The van der Waals surface area contributed by atoms with Crippen LogP contribution in [0.15, 0.2) is 35.5 Å². The molecule has 1 fully saturated rings. The van der Waals surface area contributed by atoms with E-state index in [4.69, 9.17) is 9.94 Å². The molecule has 1 aromatic rings. The van der Waals surface area contributed by atoms with E-state index in [0.29, 0.717) is 5.92 Å². The van der Waals surface area contributed by atoms with E-state index in [1.165, 1.54) is 26.2 Å². The highest BCUT2D eigenvalue weighted by Gasteiger charge is 2.27. The summed E-state index contributed by atoms with van der Waals surface area (Å²) < 4.78 is 0. The third kappa shape index (κ3) is 3.83. The van der Waals surface area contributed by atoms with Crippen molar-refractivity contribution in [2.45, 2.75) is 45.1 Å². The Morgan fingerprint density at radius 2 is 1.90 bits per heavy atom. The lowest BCUT2D eigenvalue weighted by Gasteiger charge is -2.28. The first kappa shape index (κ1) is 14.6. The van der Waals surface area contributed by atoms with Gasteiger partial charge in [-0.15, -0.1) is 0 Å². The Morgan fingerprint density at radius 3 is 2.50 bits per heavy atom. The van der Waals surface area contributed by atoms with Gasteiger partial charge in [-0.3, -0.25) is 0 Å². The minimum Gasteiger partial charge on any atom is -0.477 e. The predicted octanol–water partition coefficient (Wildman–Crippen LogP) is 3.79. The largest absolute Gasteiger partial charge is 0.477 e. The van der Waals surface area contributed by atoms with E-state index >= 15 is 0 Å². The van der Waals surface area contributed by atoms with Crippen LogP contribution in [0.3, 0.4) is 0 Å². The van der Waals surface area contributed by atoms with Crippen LogP contribution in [0, 0.1) is 5.92 Å². The topological polar surface area (TPSA) is 58.9 Å². The molecule has 2 rings (SSSR count). The summed E-state index contributed by atoms with van der Waals surface area (Å²) in [6, 6.07) is 9.95. The van der Waals surface area contributed by atoms with Crippen molar-refractivity contribution in [3.05, 3.63) is 35.9 Å². The second-order valence-electron chi connectivity index (χ2n) is 5.32. The fraction of sp³-hybridized carbons (Fsp3) is 0.500. The van der Waals surface area contributed by atoms with Gasteiger partial charge in [-0.1, -0.05) is 54.8 Å². The van der Waals surface area contributed by atoms with Gasteiger partial charge in [-0.05, 0) is 25.3 Å². The van der Waals surface area contributed by atoms with Gasteiger partial charge >= 0.3 is 5.97 Å². The predicted molar refractivity (Wildman–Crippen MR) is 77.6 cm³/mol. The van der Waals surface area contributed by atoms with E-state index in [9.17, 15) is 4.79 Å². The van der Waals surface area contributed by atoms with Crippen LogP contribution in [-0.2, 0) is 9.63 Å². The van der Waals surface area contributed by atoms with Crippen LogP contribution in [0.25, 0.3) is 0 Å². The fourth-order valence-corrected chi connectivity index (χ4v) is 2.67. The second-order valence-corrected chi connectivity index (χ2v) is 5.32. The van der Waals surface area contributed by atoms with Gasteiger partial charge in [0, 0.05) is 5.92 Å². The fourth-order valence-electron chi connectivity index (χ4n) is 2.67. The van der Waals surface area contributed by atoms with Gasteiger partial charge in [0.15, 0.2) is 11.8 Å². The van der Waals surface area contributed by atoms with E-state index in [1.807, 2.05) is 30.3 Å². The number of hydrogen-bond donors (Lipinski definition) is 1. The molecule has 4 nitrogen and oxygen atoms in total. The van der Waals surface area contributed by atoms with Crippen LogP contribution in [-0.4, -0.2) is 16.8 Å². The Labute approximate surface area is 119 Å². The lowest BCUT2D eigenvalue weighted by molar-refractivity contribution is -0.129. The average molecular weight is 275 g/mol.